The fraction of sp³-hybridized carbons (Fsp3) is 0.333. The normalized spacial score (nSPS) is 11.2. The van der Waals surface area contributed by atoms with Crippen LogP contribution in [0.4, 0.5) is 5.69 Å². The van der Waals surface area contributed by atoms with Crippen LogP contribution in [0.25, 0.3) is 0 Å². The van der Waals surface area contributed by atoms with Crippen LogP contribution in [0.3, 0.4) is 0 Å². The summed E-state index contributed by atoms with van der Waals surface area (Å²) >= 11 is 5.85. The van der Waals surface area contributed by atoms with E-state index in [4.69, 9.17) is 11.6 Å². The first-order valence-corrected chi connectivity index (χ1v) is 10.4. The molecule has 0 fully saturated rings. The van der Waals surface area contributed by atoms with Crippen LogP contribution in [0.5, 0.6) is 0 Å². The van der Waals surface area contributed by atoms with E-state index in [9.17, 15) is 13.2 Å². The van der Waals surface area contributed by atoms with Crippen LogP contribution in [0, 0.1) is 0 Å². The van der Waals surface area contributed by atoms with Crippen molar-refractivity contribution in [3.63, 3.8) is 0 Å². The zero-order valence-electron chi connectivity index (χ0n) is 14.8. The summed E-state index contributed by atoms with van der Waals surface area (Å²) < 4.78 is 25.4. The van der Waals surface area contributed by atoms with Crippen LogP contribution >= 0.6 is 11.6 Å². The molecule has 1 heterocycles. The topological polar surface area (TPSA) is 70.6 Å². The predicted octanol–water partition coefficient (Wildman–Crippen LogP) is 2.59. The second-order valence-corrected chi connectivity index (χ2v) is 8.33. The molecule has 0 N–H and O–H groups in total. The van der Waals surface area contributed by atoms with E-state index in [1.54, 1.807) is 48.6 Å². The third-order valence-corrected chi connectivity index (χ3v) is 5.40. The van der Waals surface area contributed by atoms with Gasteiger partial charge in [-0.2, -0.15) is 0 Å². The first kappa shape index (κ1) is 20.2. The number of carbonyl (C=O) groups excluding carboxylic acids is 1. The highest BCUT2D eigenvalue weighted by molar-refractivity contribution is 7.92. The molecule has 26 heavy (non-hydrogen) atoms. The number of anilines is 1. The highest BCUT2D eigenvalue weighted by atomic mass is 35.5. The molecule has 1 amide bonds. The van der Waals surface area contributed by atoms with Gasteiger partial charge in [-0.05, 0) is 48.4 Å². The maximum absolute atomic E-state index is 12.4. The first-order valence-electron chi connectivity index (χ1n) is 8.13. The summed E-state index contributed by atoms with van der Waals surface area (Å²) in [6.07, 6.45) is 5.38. The molecule has 0 spiro atoms. The van der Waals surface area contributed by atoms with Gasteiger partial charge in [-0.1, -0.05) is 11.6 Å². The van der Waals surface area contributed by atoms with E-state index in [-0.39, 0.29) is 18.9 Å². The molecule has 0 atom stereocenters. The molecule has 0 unspecified atom stereocenters. The van der Waals surface area contributed by atoms with Crippen LogP contribution in [-0.2, 0) is 21.2 Å². The summed E-state index contributed by atoms with van der Waals surface area (Å²) in [6, 6.07) is 10.3. The van der Waals surface area contributed by atoms with Gasteiger partial charge in [0.2, 0.25) is 15.9 Å². The number of nitrogens with zero attached hydrogens (tertiary/aromatic N) is 3. The van der Waals surface area contributed by atoms with Gasteiger partial charge in [0.05, 0.1) is 11.9 Å². The van der Waals surface area contributed by atoms with Crippen molar-refractivity contribution in [1.29, 1.82) is 0 Å². The Labute approximate surface area is 159 Å². The number of benzene rings is 1. The average Bonchev–Trinajstić information content (AvgIpc) is 2.61. The minimum Gasteiger partial charge on any atom is -0.345 e. The smallest absolute Gasteiger partial charge is 0.232 e. The fourth-order valence-electron chi connectivity index (χ4n) is 2.45. The van der Waals surface area contributed by atoms with E-state index in [2.05, 4.69) is 4.98 Å². The van der Waals surface area contributed by atoms with E-state index in [0.29, 0.717) is 17.3 Å². The van der Waals surface area contributed by atoms with Gasteiger partial charge in [-0.25, -0.2) is 8.42 Å². The predicted molar refractivity (Wildman–Crippen MR) is 104 cm³/mol. The van der Waals surface area contributed by atoms with E-state index in [0.717, 1.165) is 18.2 Å². The molecule has 0 bridgehead atoms. The van der Waals surface area contributed by atoms with Crippen molar-refractivity contribution >= 4 is 33.2 Å². The molecule has 2 aromatic rings. The third kappa shape index (κ3) is 6.00. The lowest BCUT2D eigenvalue weighted by Gasteiger charge is -2.24. The number of halogens is 1. The Morgan fingerprint density at radius 2 is 1.69 bits per heavy atom. The Morgan fingerprint density at radius 1 is 1.08 bits per heavy atom. The minimum absolute atomic E-state index is 0.0822. The van der Waals surface area contributed by atoms with Crippen molar-refractivity contribution < 1.29 is 13.2 Å². The number of hydrogen-bond acceptors (Lipinski definition) is 4. The Bertz CT molecular complexity index is 827. The lowest BCUT2D eigenvalue weighted by atomic mass is 10.2. The van der Waals surface area contributed by atoms with Crippen LogP contribution in [-0.4, -0.2) is 50.6 Å². The van der Waals surface area contributed by atoms with Gasteiger partial charge in [0.15, 0.2) is 0 Å². The zero-order chi connectivity index (χ0) is 19.2. The molecule has 1 aromatic heterocycles. The molecule has 0 aliphatic heterocycles. The zero-order valence-corrected chi connectivity index (χ0v) is 16.4. The SMILES string of the molecule is CN(CCc1ccncc1)C(=O)CCN(c1ccc(Cl)cc1)S(C)(=O)=O. The van der Waals surface area contributed by atoms with E-state index < -0.39 is 10.0 Å². The molecule has 0 aliphatic rings. The number of amides is 1. The molecule has 0 saturated carbocycles. The minimum atomic E-state index is -3.49. The maximum atomic E-state index is 12.4. The molecule has 0 aliphatic carbocycles. The number of pyridine rings is 1. The molecular formula is C18H22ClN3O3S. The van der Waals surface area contributed by atoms with E-state index in [1.807, 2.05) is 12.1 Å². The maximum Gasteiger partial charge on any atom is 0.232 e. The fourth-order valence-corrected chi connectivity index (χ4v) is 3.51. The quantitative estimate of drug-likeness (QED) is 0.688. The second kappa shape index (κ2) is 9.00. The van der Waals surface area contributed by atoms with E-state index in [1.165, 1.54) is 4.31 Å². The molecule has 0 radical (unpaired) electrons. The number of sulfonamides is 1. The van der Waals surface area contributed by atoms with Crippen molar-refractivity contribution in [2.75, 3.05) is 30.7 Å². The Balaban J connectivity index is 1.95. The van der Waals surface area contributed by atoms with Crippen molar-refractivity contribution in [3.05, 3.63) is 59.4 Å². The Hall–Kier alpha value is -2.12. The summed E-state index contributed by atoms with van der Waals surface area (Å²) in [4.78, 5) is 17.9. The van der Waals surface area contributed by atoms with Gasteiger partial charge >= 0.3 is 0 Å². The van der Waals surface area contributed by atoms with Crippen molar-refractivity contribution in [2.24, 2.45) is 0 Å². The summed E-state index contributed by atoms with van der Waals surface area (Å²) in [6.45, 7) is 0.640. The molecule has 8 heteroatoms. The second-order valence-electron chi connectivity index (χ2n) is 5.98. The number of aromatic nitrogens is 1. The molecule has 1 aromatic carbocycles. The Morgan fingerprint density at radius 3 is 2.27 bits per heavy atom. The number of likely N-dealkylation sites (N-methyl/N-ethyl adjacent to an activating group) is 1. The molecule has 140 valence electrons. The number of rotatable bonds is 8. The average molecular weight is 396 g/mol. The van der Waals surface area contributed by atoms with Crippen molar-refractivity contribution in [1.82, 2.24) is 9.88 Å². The van der Waals surface area contributed by atoms with Gasteiger partial charge in [0.1, 0.15) is 0 Å². The number of hydrogen-bond donors (Lipinski definition) is 0. The van der Waals surface area contributed by atoms with Gasteiger partial charge < -0.3 is 4.90 Å². The molecule has 2 rings (SSSR count). The summed E-state index contributed by atoms with van der Waals surface area (Å²) in [5.74, 6) is -0.110. The van der Waals surface area contributed by atoms with Gasteiger partial charge in [0, 0.05) is 44.0 Å². The van der Waals surface area contributed by atoms with Crippen LogP contribution in [0.1, 0.15) is 12.0 Å². The summed E-state index contributed by atoms with van der Waals surface area (Å²) in [7, 11) is -1.78. The van der Waals surface area contributed by atoms with Crippen molar-refractivity contribution in [3.8, 4) is 0 Å². The van der Waals surface area contributed by atoms with E-state index >= 15 is 0 Å². The van der Waals surface area contributed by atoms with Crippen LogP contribution in [0.15, 0.2) is 48.8 Å². The van der Waals surface area contributed by atoms with Gasteiger partial charge in [-0.15, -0.1) is 0 Å². The lowest BCUT2D eigenvalue weighted by molar-refractivity contribution is -0.129. The van der Waals surface area contributed by atoms with Gasteiger partial charge in [-0.3, -0.25) is 14.1 Å². The highest BCUT2D eigenvalue weighted by Gasteiger charge is 2.19. The standard InChI is InChI=1S/C18H22ClN3O3S/c1-21(13-9-15-7-11-20-12-8-15)18(23)10-14-22(26(2,24)25)17-5-3-16(19)4-6-17/h3-8,11-12H,9-10,13-14H2,1-2H3. The molecule has 6 nitrogen and oxygen atoms in total. The van der Waals surface area contributed by atoms with Gasteiger partial charge in [0.25, 0.3) is 0 Å². The first-order chi connectivity index (χ1) is 12.3. The molecular weight excluding hydrogens is 374 g/mol. The number of carbonyl (C=O) groups is 1. The summed E-state index contributed by atoms with van der Waals surface area (Å²) in [5, 5.41) is 0.522. The monoisotopic (exact) mass is 395 g/mol. The Kier molecular flexibility index (Phi) is 6.99. The summed E-state index contributed by atoms with van der Waals surface area (Å²) in [5.41, 5.74) is 1.59. The molecule has 0 saturated heterocycles. The van der Waals surface area contributed by atoms with Crippen molar-refractivity contribution in [2.45, 2.75) is 12.8 Å². The largest absolute Gasteiger partial charge is 0.345 e. The lowest BCUT2D eigenvalue weighted by Crippen LogP contribution is -2.36. The third-order valence-electron chi connectivity index (χ3n) is 3.95. The highest BCUT2D eigenvalue weighted by Crippen LogP contribution is 2.20. The van der Waals surface area contributed by atoms with Crippen LogP contribution in [0.2, 0.25) is 5.02 Å². The van der Waals surface area contributed by atoms with Crippen LogP contribution < -0.4 is 4.31 Å².